The number of rotatable bonds is 5. The van der Waals surface area contributed by atoms with Gasteiger partial charge in [0.2, 0.25) is 0 Å². The molecule has 0 spiro atoms. The fraction of sp³-hybridized carbons (Fsp3) is 0.167. The Hall–Kier alpha value is -2.82. The molecule has 0 aromatic heterocycles. The molecule has 0 fully saturated rings. The number of hydrogen-bond acceptors (Lipinski definition) is 6. The number of hydrogen-bond donors (Lipinski definition) is 3. The molecule has 158 valence electrons. The van der Waals surface area contributed by atoms with Crippen LogP contribution in [0.2, 0.25) is 0 Å². The summed E-state index contributed by atoms with van der Waals surface area (Å²) in [4.78, 5) is 26.6. The molecule has 12 heteroatoms. The van der Waals surface area contributed by atoms with Crippen molar-refractivity contribution in [1.29, 1.82) is 0 Å². The van der Waals surface area contributed by atoms with Crippen molar-refractivity contribution in [2.45, 2.75) is 10.9 Å². The zero-order chi connectivity index (χ0) is 22.1. The molecule has 2 atom stereocenters. The van der Waals surface area contributed by atoms with Crippen molar-refractivity contribution in [3.05, 3.63) is 58.3 Å². The van der Waals surface area contributed by atoms with Crippen LogP contribution in [-0.2, 0) is 19.6 Å². The second-order valence-corrected chi connectivity index (χ2v) is 8.77. The minimum Gasteiger partial charge on any atom is -0.477 e. The van der Waals surface area contributed by atoms with E-state index in [-0.39, 0.29) is 26.4 Å². The van der Waals surface area contributed by atoms with Gasteiger partial charge in [-0.2, -0.15) is 0 Å². The van der Waals surface area contributed by atoms with Gasteiger partial charge in [0, 0.05) is 21.4 Å². The number of carboxylic acid groups (broad SMARTS) is 1. The second-order valence-electron chi connectivity index (χ2n) is 6.21. The van der Waals surface area contributed by atoms with Crippen molar-refractivity contribution >= 4 is 56.7 Å². The highest BCUT2D eigenvalue weighted by molar-refractivity contribution is 7.89. The van der Waals surface area contributed by atoms with Crippen LogP contribution in [0.1, 0.15) is 0 Å². The van der Waals surface area contributed by atoms with E-state index in [4.69, 9.17) is 23.2 Å². The Kier molecular flexibility index (Phi) is 6.20. The minimum absolute atomic E-state index is 0.0471. The lowest BCUT2D eigenvalue weighted by Crippen LogP contribution is -2.37. The highest BCUT2D eigenvalue weighted by Gasteiger charge is 2.36. The summed E-state index contributed by atoms with van der Waals surface area (Å²) in [5.41, 5.74) is 0.0422. The van der Waals surface area contributed by atoms with Gasteiger partial charge in [-0.1, -0.05) is 23.2 Å². The number of carboxylic acids is 1. The predicted octanol–water partition coefficient (Wildman–Crippen LogP) is 2.81. The number of carbonyl (C=O) groups is 2. The van der Waals surface area contributed by atoms with E-state index in [1.807, 2.05) is 0 Å². The quantitative estimate of drug-likeness (QED) is 0.604. The summed E-state index contributed by atoms with van der Waals surface area (Å²) < 4.78 is 32.6. The van der Waals surface area contributed by atoms with Crippen molar-refractivity contribution in [2.75, 3.05) is 12.4 Å². The second kappa shape index (κ2) is 8.50. The van der Waals surface area contributed by atoms with E-state index in [9.17, 15) is 23.1 Å². The van der Waals surface area contributed by atoms with Crippen molar-refractivity contribution in [3.8, 4) is 0 Å². The first-order valence-corrected chi connectivity index (χ1v) is 10.6. The molecule has 0 radical (unpaired) electrons. The summed E-state index contributed by atoms with van der Waals surface area (Å²) in [5.74, 6) is -2.05. The Balaban J connectivity index is 1.91. The molecule has 2 aliphatic rings. The monoisotopic (exact) mass is 471 g/mol. The summed E-state index contributed by atoms with van der Waals surface area (Å²) in [6, 6.07) is 4.54. The predicted molar refractivity (Wildman–Crippen MR) is 111 cm³/mol. The molecule has 1 aromatic rings. The smallest absolute Gasteiger partial charge is 0.411 e. The van der Waals surface area contributed by atoms with E-state index in [1.54, 1.807) is 0 Å². The number of methoxy groups -OCH3 is 1. The maximum atomic E-state index is 12.9. The van der Waals surface area contributed by atoms with Gasteiger partial charge in [0.25, 0.3) is 10.0 Å². The van der Waals surface area contributed by atoms with Gasteiger partial charge in [-0.25, -0.2) is 18.0 Å². The number of halogens is 2. The lowest BCUT2D eigenvalue weighted by Gasteiger charge is -2.30. The summed E-state index contributed by atoms with van der Waals surface area (Å²) in [6.45, 7) is 0. The van der Waals surface area contributed by atoms with E-state index in [0.29, 0.717) is 5.69 Å². The molecule has 30 heavy (non-hydrogen) atoms. The minimum atomic E-state index is -4.10. The number of aliphatic imine (C=N–C) groups is 1. The summed E-state index contributed by atoms with van der Waals surface area (Å²) in [6.07, 6.45) is 3.36. The van der Waals surface area contributed by atoms with Gasteiger partial charge in [0.05, 0.1) is 24.0 Å². The highest BCUT2D eigenvalue weighted by atomic mass is 35.5. The lowest BCUT2D eigenvalue weighted by atomic mass is 9.89. The van der Waals surface area contributed by atoms with E-state index in [0.717, 1.165) is 6.08 Å². The third kappa shape index (κ3) is 4.66. The third-order valence-electron chi connectivity index (χ3n) is 4.23. The number of allylic oxidation sites excluding steroid dienone is 2. The van der Waals surface area contributed by atoms with Gasteiger partial charge in [-0.15, -0.1) is 0 Å². The normalized spacial score (nSPS) is 20.6. The van der Waals surface area contributed by atoms with Gasteiger partial charge in [0.1, 0.15) is 5.71 Å². The number of ether oxygens (including phenoxy) is 1. The van der Waals surface area contributed by atoms with Crippen LogP contribution in [0.5, 0.6) is 0 Å². The molecule has 1 aliphatic heterocycles. The van der Waals surface area contributed by atoms with Crippen LogP contribution in [0.4, 0.5) is 10.5 Å². The largest absolute Gasteiger partial charge is 0.477 e. The van der Waals surface area contributed by atoms with Crippen LogP contribution in [-0.4, -0.2) is 44.5 Å². The SMILES string of the molecule is COC(=O)Nc1ccc(S(=O)(=O)NC2=CC(C(=O)O)=NC3C=C(Cl)C=C(Cl)C23)cc1. The number of carbonyl (C=O) groups excluding carboxylic acids is 1. The molecule has 1 amide bonds. The molecular weight excluding hydrogens is 457 g/mol. The number of fused-ring (bicyclic) bond motifs is 1. The Morgan fingerprint density at radius 2 is 1.83 bits per heavy atom. The molecule has 0 saturated heterocycles. The molecule has 0 bridgehead atoms. The molecule has 2 unspecified atom stereocenters. The third-order valence-corrected chi connectivity index (χ3v) is 6.20. The van der Waals surface area contributed by atoms with Gasteiger partial charge < -0.3 is 9.84 Å². The van der Waals surface area contributed by atoms with Gasteiger partial charge in [0.15, 0.2) is 0 Å². The molecule has 1 heterocycles. The maximum Gasteiger partial charge on any atom is 0.411 e. The van der Waals surface area contributed by atoms with Crippen molar-refractivity contribution < 1.29 is 27.9 Å². The Morgan fingerprint density at radius 3 is 2.43 bits per heavy atom. The van der Waals surface area contributed by atoms with Crippen molar-refractivity contribution in [2.24, 2.45) is 10.9 Å². The van der Waals surface area contributed by atoms with Gasteiger partial charge in [-0.3, -0.25) is 15.0 Å². The molecule has 0 saturated carbocycles. The first kappa shape index (κ1) is 21.9. The molecule has 1 aliphatic carbocycles. The summed E-state index contributed by atoms with van der Waals surface area (Å²) in [5, 5.41) is 12.2. The van der Waals surface area contributed by atoms with E-state index in [2.05, 4.69) is 19.8 Å². The average molecular weight is 472 g/mol. The van der Waals surface area contributed by atoms with Crippen LogP contribution >= 0.6 is 23.2 Å². The fourth-order valence-corrected chi connectivity index (χ4v) is 4.66. The highest BCUT2D eigenvalue weighted by Crippen LogP contribution is 2.37. The number of nitrogens with zero attached hydrogens (tertiary/aromatic N) is 1. The van der Waals surface area contributed by atoms with E-state index in [1.165, 1.54) is 43.5 Å². The summed E-state index contributed by atoms with van der Waals surface area (Å²) in [7, 11) is -2.90. The number of amides is 1. The first-order chi connectivity index (χ1) is 14.1. The number of nitrogens with one attached hydrogen (secondary N) is 2. The molecular formula is C18H15Cl2N3O6S. The van der Waals surface area contributed by atoms with Crippen molar-refractivity contribution in [3.63, 3.8) is 0 Å². The zero-order valence-corrected chi connectivity index (χ0v) is 17.6. The van der Waals surface area contributed by atoms with Crippen LogP contribution in [0.25, 0.3) is 0 Å². The van der Waals surface area contributed by atoms with Gasteiger partial charge in [-0.05, 0) is 42.5 Å². The number of dihydropyridines is 1. The number of anilines is 1. The lowest BCUT2D eigenvalue weighted by molar-refractivity contribution is -0.129. The first-order valence-electron chi connectivity index (χ1n) is 8.35. The number of sulfonamides is 1. The number of benzene rings is 1. The fourth-order valence-electron chi connectivity index (χ4n) is 2.88. The van der Waals surface area contributed by atoms with Crippen LogP contribution in [0.3, 0.4) is 0 Å². The topological polar surface area (TPSA) is 134 Å². The van der Waals surface area contributed by atoms with Gasteiger partial charge >= 0.3 is 12.1 Å². The molecule has 9 nitrogen and oxygen atoms in total. The van der Waals surface area contributed by atoms with Crippen LogP contribution in [0.15, 0.2) is 68.1 Å². The number of aliphatic carboxylic acids is 1. The Labute approximate surface area is 181 Å². The summed E-state index contributed by atoms with van der Waals surface area (Å²) >= 11 is 12.2. The zero-order valence-electron chi connectivity index (χ0n) is 15.3. The molecule has 1 aromatic carbocycles. The standard InChI is InChI=1S/C18H15Cl2N3O6S/c1-29-18(26)21-10-2-4-11(5-3-10)30(27,28)23-14-8-15(17(24)25)22-13-7-9(19)6-12(20)16(13)14/h2-8,13,16,23H,1H3,(H,21,26)(H,24,25). The van der Waals surface area contributed by atoms with Crippen LogP contribution in [0, 0.1) is 5.92 Å². The Bertz CT molecular complexity index is 1120. The van der Waals surface area contributed by atoms with E-state index >= 15 is 0 Å². The van der Waals surface area contributed by atoms with E-state index < -0.39 is 34.0 Å². The van der Waals surface area contributed by atoms with Crippen molar-refractivity contribution in [1.82, 2.24) is 4.72 Å². The average Bonchev–Trinajstić information content (AvgIpc) is 2.67. The molecule has 3 rings (SSSR count). The molecule has 3 N–H and O–H groups in total. The Morgan fingerprint density at radius 1 is 1.17 bits per heavy atom. The maximum absolute atomic E-state index is 12.9. The van der Waals surface area contributed by atoms with Crippen LogP contribution < -0.4 is 10.0 Å².